The molecule has 162 valence electrons. The van der Waals surface area contributed by atoms with Gasteiger partial charge in [-0.05, 0) is 91.3 Å². The van der Waals surface area contributed by atoms with Gasteiger partial charge in [-0.2, -0.15) is 0 Å². The van der Waals surface area contributed by atoms with Gasteiger partial charge in [0.2, 0.25) is 0 Å². The molecule has 6 rings (SSSR count). The number of nitrogens with zero attached hydrogens (tertiary/aromatic N) is 5. The number of amidine groups is 1. The molecule has 3 aromatic rings. The minimum absolute atomic E-state index is 0.203. The minimum Gasteiger partial charge on any atom is -0.306 e. The highest BCUT2D eigenvalue weighted by molar-refractivity contribution is 6.04. The van der Waals surface area contributed by atoms with Gasteiger partial charge >= 0.3 is 0 Å². The molecule has 0 N–H and O–H groups in total. The van der Waals surface area contributed by atoms with E-state index in [2.05, 4.69) is 44.0 Å². The summed E-state index contributed by atoms with van der Waals surface area (Å²) in [4.78, 5) is 9.30. The van der Waals surface area contributed by atoms with Crippen molar-refractivity contribution in [3.63, 3.8) is 0 Å². The second kappa shape index (κ2) is 7.62. The van der Waals surface area contributed by atoms with Gasteiger partial charge in [0, 0.05) is 18.4 Å². The molecule has 0 saturated carbocycles. The lowest BCUT2D eigenvalue weighted by Crippen LogP contribution is -2.53. The van der Waals surface area contributed by atoms with E-state index in [1.54, 1.807) is 0 Å². The number of benzene rings is 2. The number of hydrogen-bond donors (Lipinski definition) is 0. The van der Waals surface area contributed by atoms with E-state index in [1.165, 1.54) is 40.1 Å². The zero-order valence-corrected chi connectivity index (χ0v) is 18.3. The molecule has 3 aliphatic rings. The van der Waals surface area contributed by atoms with Crippen LogP contribution < -0.4 is 5.01 Å². The van der Waals surface area contributed by atoms with E-state index in [1.807, 2.05) is 25.4 Å². The van der Waals surface area contributed by atoms with Crippen molar-refractivity contribution in [2.45, 2.75) is 32.6 Å². The van der Waals surface area contributed by atoms with Crippen molar-refractivity contribution in [2.24, 2.45) is 4.99 Å². The third-order valence-electron chi connectivity index (χ3n) is 6.72. The number of halogens is 1. The van der Waals surface area contributed by atoms with Crippen LogP contribution in [0.25, 0.3) is 11.8 Å². The highest BCUT2D eigenvalue weighted by Gasteiger charge is 2.30. The first-order valence-corrected chi connectivity index (χ1v) is 11.4. The Kier molecular flexibility index (Phi) is 4.59. The van der Waals surface area contributed by atoms with Crippen LogP contribution in [-0.2, 0) is 12.8 Å². The van der Waals surface area contributed by atoms with E-state index in [9.17, 15) is 4.39 Å². The monoisotopic (exact) mass is 427 g/mol. The van der Waals surface area contributed by atoms with Gasteiger partial charge in [0.1, 0.15) is 11.7 Å². The quantitative estimate of drug-likeness (QED) is 0.606. The summed E-state index contributed by atoms with van der Waals surface area (Å²) in [5.74, 6) is 0.861. The number of imidazole rings is 1. The molecule has 0 atom stereocenters. The molecular formula is C26H26FN5. The lowest BCUT2D eigenvalue weighted by Gasteiger charge is -2.44. The highest BCUT2D eigenvalue weighted by Crippen LogP contribution is 2.35. The molecule has 1 aromatic heterocycles. The molecule has 2 aliphatic heterocycles. The second-order valence-corrected chi connectivity index (χ2v) is 8.75. The molecule has 6 heteroatoms. The molecule has 5 nitrogen and oxygen atoms in total. The van der Waals surface area contributed by atoms with E-state index in [4.69, 9.17) is 4.99 Å². The number of aromatic nitrogens is 2. The summed E-state index contributed by atoms with van der Waals surface area (Å²) in [6, 6.07) is 11.2. The number of fused-ring (bicyclic) bond motifs is 2. The average Bonchev–Trinajstić information content (AvgIpc) is 3.21. The van der Waals surface area contributed by atoms with Gasteiger partial charge in [-0.1, -0.05) is 6.07 Å². The first kappa shape index (κ1) is 19.3. The van der Waals surface area contributed by atoms with Gasteiger partial charge in [0.25, 0.3) is 0 Å². The van der Waals surface area contributed by atoms with Gasteiger partial charge in [0.05, 0.1) is 30.8 Å². The van der Waals surface area contributed by atoms with Crippen molar-refractivity contribution < 1.29 is 4.39 Å². The maximum atomic E-state index is 13.4. The van der Waals surface area contributed by atoms with Crippen LogP contribution in [0.15, 0.2) is 59.5 Å². The Hall–Kier alpha value is -3.41. The fourth-order valence-electron chi connectivity index (χ4n) is 5.07. The first-order chi connectivity index (χ1) is 15.7. The Bertz CT molecular complexity index is 1240. The van der Waals surface area contributed by atoms with Gasteiger partial charge in [0.15, 0.2) is 0 Å². The summed E-state index contributed by atoms with van der Waals surface area (Å²) in [6.45, 7) is 4.52. The lowest BCUT2D eigenvalue weighted by atomic mass is 9.82. The van der Waals surface area contributed by atoms with E-state index in [-0.39, 0.29) is 5.82 Å². The van der Waals surface area contributed by atoms with Crippen LogP contribution in [-0.4, -0.2) is 40.0 Å². The average molecular weight is 428 g/mol. The number of piperidine rings is 1. The predicted octanol–water partition coefficient (Wildman–Crippen LogP) is 4.73. The van der Waals surface area contributed by atoms with Crippen LogP contribution >= 0.6 is 0 Å². The Morgan fingerprint density at radius 3 is 2.53 bits per heavy atom. The van der Waals surface area contributed by atoms with Gasteiger partial charge in [-0.3, -0.25) is 15.0 Å². The number of rotatable bonds is 3. The second-order valence-electron chi connectivity index (χ2n) is 8.75. The lowest BCUT2D eigenvalue weighted by molar-refractivity contribution is 0.348. The minimum atomic E-state index is -0.203. The Labute approximate surface area is 187 Å². The Morgan fingerprint density at radius 1 is 0.938 bits per heavy atom. The summed E-state index contributed by atoms with van der Waals surface area (Å²) in [5.41, 5.74) is 8.79. The number of aliphatic imine (C=N–C) groups is 1. The van der Waals surface area contributed by atoms with Gasteiger partial charge in [-0.15, -0.1) is 0 Å². The molecule has 1 aliphatic carbocycles. The normalized spacial score (nSPS) is 18.8. The van der Waals surface area contributed by atoms with Crippen molar-refractivity contribution in [1.82, 2.24) is 14.6 Å². The summed E-state index contributed by atoms with van der Waals surface area (Å²) in [5, 5.41) is 4.53. The maximum absolute atomic E-state index is 13.4. The van der Waals surface area contributed by atoms with E-state index >= 15 is 0 Å². The van der Waals surface area contributed by atoms with Crippen molar-refractivity contribution in [2.75, 3.05) is 24.6 Å². The van der Waals surface area contributed by atoms with Gasteiger partial charge in [-0.25, -0.2) is 9.37 Å². The van der Waals surface area contributed by atoms with Crippen molar-refractivity contribution in [1.29, 1.82) is 0 Å². The highest BCUT2D eigenvalue weighted by atomic mass is 19.1. The number of hydrogen-bond acceptors (Lipinski definition) is 4. The van der Waals surface area contributed by atoms with E-state index in [0.717, 1.165) is 62.5 Å². The smallest absolute Gasteiger partial charge is 0.145 e. The molecule has 2 aromatic carbocycles. The fraction of sp³-hybridized carbons (Fsp3) is 0.308. The van der Waals surface area contributed by atoms with E-state index < -0.39 is 0 Å². The largest absolute Gasteiger partial charge is 0.306 e. The topological polar surface area (TPSA) is 36.7 Å². The molecule has 0 unspecified atom stereocenters. The van der Waals surface area contributed by atoms with Crippen LogP contribution in [0.5, 0.6) is 0 Å². The molecule has 3 heterocycles. The van der Waals surface area contributed by atoms with Gasteiger partial charge < -0.3 is 4.57 Å². The Balaban J connectivity index is 1.33. The molecule has 1 fully saturated rings. The third-order valence-corrected chi connectivity index (χ3v) is 6.72. The van der Waals surface area contributed by atoms with Crippen molar-refractivity contribution >= 4 is 17.6 Å². The zero-order valence-electron chi connectivity index (χ0n) is 18.3. The summed E-state index contributed by atoms with van der Waals surface area (Å²) >= 11 is 0. The van der Waals surface area contributed by atoms with Crippen LogP contribution in [0, 0.1) is 12.7 Å². The molecule has 0 radical (unpaired) electrons. The standard InChI is InChI=1S/C26H26FN5/c1-18-16-30(17-29-18)25-11-4-19(23-9-10-24(23)25)15-20-3-2-13-32-26(20)28-12-14-31(32)22-7-5-21(27)6-8-22/h4-8,11,15-17H,2-3,9-10,12-14H2,1H3/b20-15+. The van der Waals surface area contributed by atoms with Crippen LogP contribution in [0.2, 0.25) is 0 Å². The number of hydrazine groups is 1. The number of anilines is 1. The molecular weight excluding hydrogens is 401 g/mol. The predicted molar refractivity (Wildman–Crippen MR) is 126 cm³/mol. The first-order valence-electron chi connectivity index (χ1n) is 11.4. The zero-order chi connectivity index (χ0) is 21.7. The summed E-state index contributed by atoms with van der Waals surface area (Å²) < 4.78 is 15.6. The van der Waals surface area contributed by atoms with Crippen LogP contribution in [0.1, 0.15) is 35.2 Å². The third kappa shape index (κ3) is 3.22. The van der Waals surface area contributed by atoms with E-state index in [0.29, 0.717) is 0 Å². The van der Waals surface area contributed by atoms with Crippen LogP contribution in [0.3, 0.4) is 0 Å². The molecule has 1 saturated heterocycles. The molecule has 32 heavy (non-hydrogen) atoms. The Morgan fingerprint density at radius 2 is 1.78 bits per heavy atom. The molecule has 0 amide bonds. The maximum Gasteiger partial charge on any atom is 0.145 e. The van der Waals surface area contributed by atoms with Crippen LogP contribution in [0.4, 0.5) is 10.1 Å². The SMILES string of the molecule is Cc1cn(-c2ccc(/C=C3\CCCN4C3=NCCN4c3ccc(F)cc3)c3c2CC3)cn1. The van der Waals surface area contributed by atoms with Crippen molar-refractivity contribution in [3.05, 3.63) is 82.7 Å². The summed E-state index contributed by atoms with van der Waals surface area (Å²) in [6.07, 6.45) is 10.7. The molecule has 0 bridgehead atoms. The molecule has 0 spiro atoms. The number of aryl methyl sites for hydroxylation is 1. The fourth-order valence-corrected chi connectivity index (χ4v) is 5.07. The van der Waals surface area contributed by atoms with Crippen molar-refractivity contribution in [3.8, 4) is 5.69 Å². The summed E-state index contributed by atoms with van der Waals surface area (Å²) in [7, 11) is 0.